The molecular weight excluding hydrogens is 127 g/mol. The van der Waals surface area contributed by atoms with Crippen molar-refractivity contribution in [2.24, 2.45) is 0 Å². The normalized spacial score (nSPS) is 7.71. The molecule has 0 spiro atoms. The fraction of sp³-hybridized carbons (Fsp3) is 0.500. The van der Waals surface area contributed by atoms with Crippen molar-refractivity contribution >= 4 is 45.4 Å². The van der Waals surface area contributed by atoms with Crippen LogP contribution < -0.4 is 0 Å². The van der Waals surface area contributed by atoms with E-state index in [1.165, 1.54) is 0 Å². The Morgan fingerprint density at radius 1 is 1.43 bits per heavy atom. The number of hydrogen-bond acceptors (Lipinski definition) is 3. The summed E-state index contributed by atoms with van der Waals surface area (Å²) >= 11 is 0. The maximum atomic E-state index is 9.55. The quantitative estimate of drug-likeness (QED) is 0.322. The average Bonchev–Trinajstić information content (AvgIpc) is 1.36. The zero-order valence-electron chi connectivity index (χ0n) is 3.17. The van der Waals surface area contributed by atoms with Crippen LogP contribution in [0.2, 0.25) is 0 Å². The second-order valence-electron chi connectivity index (χ2n) is 0.776. The Bertz CT molecular complexity index is 119. The fourth-order valence-corrected chi connectivity index (χ4v) is 0. The second-order valence-corrected chi connectivity index (χ2v) is 1.92. The third-order valence-corrected chi connectivity index (χ3v) is 0.771. The Morgan fingerprint density at radius 3 is 1.57 bits per heavy atom. The van der Waals surface area contributed by atoms with Crippen molar-refractivity contribution in [1.82, 2.24) is 0 Å². The monoisotopic (exact) mass is 132 g/mol. The molecule has 0 aromatic carbocycles. The first-order valence-corrected chi connectivity index (χ1v) is 2.47. The maximum absolute atomic E-state index is 9.55. The van der Waals surface area contributed by atoms with Gasteiger partial charge in [0.15, 0.2) is 0 Å². The van der Waals surface area contributed by atoms with Crippen molar-refractivity contribution in [1.29, 1.82) is 0 Å². The summed E-state index contributed by atoms with van der Waals surface area (Å²) in [5.41, 5.74) is 0. The van der Waals surface area contributed by atoms with Crippen molar-refractivity contribution in [3.05, 3.63) is 0 Å². The number of thiol groups is 1. The molecule has 0 atom stereocenters. The third kappa shape index (κ3) is 6.62. The molecule has 0 saturated heterocycles. The first-order chi connectivity index (χ1) is 2.64. The summed E-state index contributed by atoms with van der Waals surface area (Å²) in [6.07, 6.45) is 0. The van der Waals surface area contributed by atoms with Crippen LogP contribution in [0.15, 0.2) is 0 Å². The van der Waals surface area contributed by atoms with Crippen LogP contribution in [0.4, 0.5) is 0 Å². The van der Waals surface area contributed by atoms with E-state index in [1.54, 1.807) is 0 Å². The van der Waals surface area contributed by atoms with E-state index in [9.17, 15) is 13.2 Å². The van der Waals surface area contributed by atoms with Gasteiger partial charge in [-0.3, -0.25) is 4.79 Å². The molecule has 7 heavy (non-hydrogen) atoms. The van der Waals surface area contributed by atoms with E-state index in [0.717, 1.165) is 6.92 Å². The molecule has 0 aliphatic heterocycles. The van der Waals surface area contributed by atoms with Gasteiger partial charge in [0.2, 0.25) is 15.8 Å². The van der Waals surface area contributed by atoms with Gasteiger partial charge in [0.1, 0.15) is 0 Å². The number of hydrogen-bond donors (Lipinski definition) is 1. The minimum atomic E-state index is -2.80. The molecular formula is C2H5NaO3S. The molecule has 3 nitrogen and oxygen atoms in total. The van der Waals surface area contributed by atoms with Gasteiger partial charge in [-0.15, -0.1) is 0 Å². The van der Waals surface area contributed by atoms with Gasteiger partial charge in [-0.05, 0) is 0 Å². The number of carbonyl (C=O) groups excluding carboxylic acids is 1. The van der Waals surface area contributed by atoms with E-state index in [0.29, 0.717) is 0 Å². The molecule has 0 aliphatic carbocycles. The fourth-order valence-electron chi connectivity index (χ4n) is 0. The molecule has 38 valence electrons. The standard InChI is InChI=1S/C2H4O3S.Na.H/c1-2(3)6(4)5;;/h6H,1H3;;. The molecule has 0 bridgehead atoms. The number of rotatable bonds is 0. The van der Waals surface area contributed by atoms with Gasteiger partial charge < -0.3 is 0 Å². The summed E-state index contributed by atoms with van der Waals surface area (Å²) in [5.74, 6) is 0. The molecule has 0 rings (SSSR count). The van der Waals surface area contributed by atoms with Gasteiger partial charge in [-0.2, -0.15) is 0 Å². The van der Waals surface area contributed by atoms with E-state index in [-0.39, 0.29) is 29.6 Å². The molecule has 0 aliphatic rings. The molecule has 0 radical (unpaired) electrons. The first kappa shape index (κ1) is 10.6. The SMILES string of the molecule is CC(=O)[SH](=O)=O.[NaH]. The van der Waals surface area contributed by atoms with Crippen LogP contribution in [0.1, 0.15) is 6.92 Å². The summed E-state index contributed by atoms with van der Waals surface area (Å²) in [6.45, 7) is 1.01. The zero-order chi connectivity index (χ0) is 5.15. The van der Waals surface area contributed by atoms with Crippen LogP contribution in [0.25, 0.3) is 0 Å². The first-order valence-electron chi connectivity index (χ1n) is 1.29. The van der Waals surface area contributed by atoms with Gasteiger partial charge in [-0.1, -0.05) is 0 Å². The van der Waals surface area contributed by atoms with Gasteiger partial charge in [0, 0.05) is 6.92 Å². The van der Waals surface area contributed by atoms with E-state index in [2.05, 4.69) is 0 Å². The van der Waals surface area contributed by atoms with Crippen LogP contribution in [0, 0.1) is 0 Å². The van der Waals surface area contributed by atoms with Gasteiger partial charge in [0.05, 0.1) is 0 Å². The van der Waals surface area contributed by atoms with E-state index < -0.39 is 15.8 Å². The Morgan fingerprint density at radius 2 is 1.57 bits per heavy atom. The van der Waals surface area contributed by atoms with Crippen molar-refractivity contribution < 1.29 is 13.2 Å². The van der Waals surface area contributed by atoms with Crippen LogP contribution in [-0.4, -0.2) is 43.1 Å². The summed E-state index contributed by atoms with van der Waals surface area (Å²) in [5, 5.41) is -0.787. The molecule has 5 heteroatoms. The van der Waals surface area contributed by atoms with Gasteiger partial charge in [0.25, 0.3) is 0 Å². The summed E-state index contributed by atoms with van der Waals surface area (Å²) < 4.78 is 18.8. The average molecular weight is 132 g/mol. The van der Waals surface area contributed by atoms with Crippen LogP contribution in [0.5, 0.6) is 0 Å². The molecule has 0 heterocycles. The summed E-state index contributed by atoms with van der Waals surface area (Å²) in [4.78, 5) is 9.55. The third-order valence-electron chi connectivity index (χ3n) is 0.257. The predicted octanol–water partition coefficient (Wildman–Crippen LogP) is -1.50. The van der Waals surface area contributed by atoms with Crippen molar-refractivity contribution in [3.8, 4) is 0 Å². The van der Waals surface area contributed by atoms with E-state index in [1.807, 2.05) is 0 Å². The van der Waals surface area contributed by atoms with Gasteiger partial charge in [-0.25, -0.2) is 8.42 Å². The van der Waals surface area contributed by atoms with E-state index >= 15 is 0 Å². The molecule has 0 aromatic heterocycles. The molecule has 0 amide bonds. The molecule has 0 N–H and O–H groups in total. The van der Waals surface area contributed by atoms with Crippen LogP contribution in [-0.2, 0) is 15.5 Å². The van der Waals surface area contributed by atoms with Crippen LogP contribution in [0.3, 0.4) is 0 Å². The number of carbonyl (C=O) groups is 1. The second kappa shape index (κ2) is 4.77. The van der Waals surface area contributed by atoms with Crippen LogP contribution >= 0.6 is 0 Å². The molecule has 0 unspecified atom stereocenters. The predicted molar refractivity (Wildman–Crippen MR) is 28.1 cm³/mol. The Hall–Kier alpha value is 0.620. The van der Waals surface area contributed by atoms with Crippen molar-refractivity contribution in [2.45, 2.75) is 6.92 Å². The van der Waals surface area contributed by atoms with Gasteiger partial charge >= 0.3 is 29.6 Å². The topological polar surface area (TPSA) is 51.2 Å². The Kier molecular flexibility index (Phi) is 7.21. The molecule has 0 aromatic rings. The van der Waals surface area contributed by atoms with E-state index in [4.69, 9.17) is 0 Å². The van der Waals surface area contributed by atoms with Crippen molar-refractivity contribution in [3.63, 3.8) is 0 Å². The molecule has 0 fully saturated rings. The minimum absolute atomic E-state index is 0. The zero-order valence-corrected chi connectivity index (χ0v) is 4.07. The summed E-state index contributed by atoms with van der Waals surface area (Å²) in [7, 11) is -2.80. The summed E-state index contributed by atoms with van der Waals surface area (Å²) in [6, 6.07) is 0. The Balaban J connectivity index is 0. The van der Waals surface area contributed by atoms with Crippen molar-refractivity contribution in [2.75, 3.05) is 0 Å². The Labute approximate surface area is 65.3 Å². The molecule has 0 saturated carbocycles.